The van der Waals surface area contributed by atoms with E-state index >= 15 is 0 Å². The Morgan fingerprint density at radius 1 is 1.32 bits per heavy atom. The first-order chi connectivity index (χ1) is 13.1. The zero-order chi connectivity index (χ0) is 18.8. The molecule has 0 aromatic carbocycles. The molecule has 3 heterocycles. The van der Waals surface area contributed by atoms with Crippen molar-refractivity contribution in [3.63, 3.8) is 0 Å². The minimum Gasteiger partial charge on any atom is -0.344 e. The van der Waals surface area contributed by atoms with E-state index in [1.165, 1.54) is 19.3 Å². The lowest BCUT2D eigenvalue weighted by molar-refractivity contribution is -0.125. The summed E-state index contributed by atoms with van der Waals surface area (Å²) in [5.74, 6) is 1.70. The van der Waals surface area contributed by atoms with Crippen LogP contribution in [0.1, 0.15) is 74.2 Å². The second kappa shape index (κ2) is 9.05. The molecule has 2 aliphatic rings. The summed E-state index contributed by atoms with van der Waals surface area (Å²) >= 11 is 0. The molecular weight excluding hydrogens is 380 g/mol. The molecule has 2 aromatic heterocycles. The summed E-state index contributed by atoms with van der Waals surface area (Å²) < 4.78 is 7.23. The van der Waals surface area contributed by atoms with Crippen molar-refractivity contribution in [2.75, 3.05) is 13.1 Å². The van der Waals surface area contributed by atoms with Crippen LogP contribution in [0, 0.1) is 5.92 Å². The van der Waals surface area contributed by atoms with Gasteiger partial charge in [0, 0.05) is 38.2 Å². The molecule has 0 spiro atoms. The Kier molecular flexibility index (Phi) is 6.72. The molecule has 1 aliphatic heterocycles. The maximum absolute atomic E-state index is 12.9. The summed E-state index contributed by atoms with van der Waals surface area (Å²) in [6, 6.07) is -0.294. The number of carbonyl (C=O) groups is 1. The van der Waals surface area contributed by atoms with E-state index in [0.29, 0.717) is 18.4 Å². The smallest absolute Gasteiger partial charge is 0.248 e. The third-order valence-electron chi connectivity index (χ3n) is 5.86. The van der Waals surface area contributed by atoms with Crippen LogP contribution in [0.15, 0.2) is 16.9 Å². The van der Waals surface area contributed by atoms with Crippen LogP contribution in [0.4, 0.5) is 0 Å². The summed E-state index contributed by atoms with van der Waals surface area (Å²) in [6.45, 7) is 3.34. The van der Waals surface area contributed by atoms with E-state index in [1.54, 1.807) is 4.68 Å². The molecule has 154 valence electrons. The standard InChI is InChI=1S/C19H28N6O2.ClH/c1-12(19-23-17(24-27-19)13-6-4-3-5-7-13)22-18(26)16-10-20-9-15(16)14-8-21-25(2)11-14;/h8,11-13,15-16,20H,3-7,9-10H2,1-2H3,(H,22,26);1H/t12?,15-,16+;/m1./s1. The van der Waals surface area contributed by atoms with Crippen molar-refractivity contribution in [2.45, 2.75) is 56.9 Å². The van der Waals surface area contributed by atoms with Gasteiger partial charge in [-0.15, -0.1) is 12.4 Å². The van der Waals surface area contributed by atoms with Crippen molar-refractivity contribution in [2.24, 2.45) is 13.0 Å². The van der Waals surface area contributed by atoms with Crippen molar-refractivity contribution < 1.29 is 9.32 Å². The van der Waals surface area contributed by atoms with Crippen LogP contribution in [0.2, 0.25) is 0 Å². The van der Waals surface area contributed by atoms with Gasteiger partial charge in [-0.3, -0.25) is 9.48 Å². The predicted molar refractivity (Wildman–Crippen MR) is 106 cm³/mol. The van der Waals surface area contributed by atoms with Gasteiger partial charge in [0.1, 0.15) is 6.04 Å². The maximum atomic E-state index is 12.9. The summed E-state index contributed by atoms with van der Waals surface area (Å²) in [7, 11) is 1.89. The van der Waals surface area contributed by atoms with E-state index < -0.39 is 0 Å². The fourth-order valence-corrected chi connectivity index (χ4v) is 4.27. The highest BCUT2D eigenvalue weighted by atomic mass is 35.5. The van der Waals surface area contributed by atoms with Gasteiger partial charge in [-0.25, -0.2) is 0 Å². The van der Waals surface area contributed by atoms with Crippen LogP contribution < -0.4 is 10.6 Å². The van der Waals surface area contributed by atoms with E-state index in [2.05, 4.69) is 25.9 Å². The number of halogens is 1. The van der Waals surface area contributed by atoms with Crippen molar-refractivity contribution >= 4 is 18.3 Å². The van der Waals surface area contributed by atoms with E-state index in [4.69, 9.17) is 4.52 Å². The SMILES string of the molecule is CC(NC(=O)[C@H]1CNC[C@@H]1c1cnn(C)c1)c1nc(C2CCCCC2)no1.Cl. The Labute approximate surface area is 171 Å². The van der Waals surface area contributed by atoms with E-state index in [0.717, 1.165) is 30.8 Å². The molecule has 8 nitrogen and oxygen atoms in total. The molecule has 2 aromatic rings. The van der Waals surface area contributed by atoms with Gasteiger partial charge >= 0.3 is 0 Å². The summed E-state index contributed by atoms with van der Waals surface area (Å²) in [5, 5.41) is 14.8. The Bertz CT molecular complexity index is 785. The summed E-state index contributed by atoms with van der Waals surface area (Å²) in [4.78, 5) is 17.4. The van der Waals surface area contributed by atoms with Crippen LogP contribution in [-0.2, 0) is 11.8 Å². The molecule has 1 aliphatic carbocycles. The average Bonchev–Trinajstić information content (AvgIpc) is 3.42. The largest absolute Gasteiger partial charge is 0.344 e. The summed E-state index contributed by atoms with van der Waals surface area (Å²) in [6.07, 6.45) is 9.82. The van der Waals surface area contributed by atoms with Gasteiger partial charge in [0.05, 0.1) is 12.1 Å². The van der Waals surface area contributed by atoms with Gasteiger partial charge < -0.3 is 15.2 Å². The number of carbonyl (C=O) groups excluding carboxylic acids is 1. The zero-order valence-corrected chi connectivity index (χ0v) is 17.2. The number of hydrogen-bond acceptors (Lipinski definition) is 6. The molecule has 4 rings (SSSR count). The van der Waals surface area contributed by atoms with Crippen molar-refractivity contribution in [3.8, 4) is 0 Å². The molecule has 28 heavy (non-hydrogen) atoms. The second-order valence-electron chi connectivity index (χ2n) is 7.87. The van der Waals surface area contributed by atoms with E-state index in [9.17, 15) is 4.79 Å². The van der Waals surface area contributed by atoms with E-state index in [1.807, 2.05) is 26.4 Å². The Hall–Kier alpha value is -1.93. The highest BCUT2D eigenvalue weighted by molar-refractivity contribution is 5.85. The molecule has 1 saturated heterocycles. The fourth-order valence-electron chi connectivity index (χ4n) is 4.27. The van der Waals surface area contributed by atoms with Crippen molar-refractivity contribution in [3.05, 3.63) is 29.7 Å². The minimum atomic E-state index is -0.294. The first kappa shape index (κ1) is 20.8. The number of aromatic nitrogens is 4. The highest BCUT2D eigenvalue weighted by Gasteiger charge is 2.35. The van der Waals surface area contributed by atoms with Gasteiger partial charge in [-0.1, -0.05) is 24.4 Å². The van der Waals surface area contributed by atoms with Gasteiger partial charge in [-0.2, -0.15) is 10.1 Å². The number of hydrogen-bond donors (Lipinski definition) is 2. The summed E-state index contributed by atoms with van der Waals surface area (Å²) in [5.41, 5.74) is 1.09. The van der Waals surface area contributed by atoms with Crippen LogP contribution in [-0.4, -0.2) is 38.9 Å². The zero-order valence-electron chi connectivity index (χ0n) is 16.4. The number of aryl methyl sites for hydroxylation is 1. The maximum Gasteiger partial charge on any atom is 0.248 e. The Morgan fingerprint density at radius 2 is 2.11 bits per heavy atom. The van der Waals surface area contributed by atoms with Crippen molar-refractivity contribution in [1.82, 2.24) is 30.6 Å². The lowest BCUT2D eigenvalue weighted by atomic mass is 9.89. The first-order valence-electron chi connectivity index (χ1n) is 9.95. The van der Waals surface area contributed by atoms with Crippen molar-refractivity contribution in [1.29, 1.82) is 0 Å². The monoisotopic (exact) mass is 408 g/mol. The van der Waals surface area contributed by atoms with Gasteiger partial charge in [0.2, 0.25) is 11.8 Å². The lowest BCUT2D eigenvalue weighted by Gasteiger charge is -2.19. The second-order valence-corrected chi connectivity index (χ2v) is 7.87. The number of amides is 1. The molecule has 1 amide bonds. The highest BCUT2D eigenvalue weighted by Crippen LogP contribution is 2.32. The fraction of sp³-hybridized carbons (Fsp3) is 0.684. The normalized spacial score (nSPS) is 23.9. The van der Waals surface area contributed by atoms with Crippen LogP contribution >= 0.6 is 12.4 Å². The molecule has 3 atom stereocenters. The number of nitrogens with one attached hydrogen (secondary N) is 2. The third-order valence-corrected chi connectivity index (χ3v) is 5.86. The molecule has 2 N–H and O–H groups in total. The van der Waals surface area contributed by atoms with Gasteiger partial charge in [-0.05, 0) is 25.3 Å². The minimum absolute atomic E-state index is 0. The Balaban J connectivity index is 0.00000225. The third kappa shape index (κ3) is 4.38. The number of nitrogens with zero attached hydrogens (tertiary/aromatic N) is 4. The van der Waals surface area contributed by atoms with Crippen LogP contribution in [0.5, 0.6) is 0 Å². The molecular formula is C19H29ClN6O2. The first-order valence-corrected chi connectivity index (χ1v) is 9.95. The molecule has 9 heteroatoms. The van der Waals surface area contributed by atoms with Crippen LogP contribution in [0.3, 0.4) is 0 Å². The molecule has 0 radical (unpaired) electrons. The molecule has 1 saturated carbocycles. The topological polar surface area (TPSA) is 97.9 Å². The van der Waals surface area contributed by atoms with Gasteiger partial charge in [0.25, 0.3) is 0 Å². The average molecular weight is 409 g/mol. The quantitative estimate of drug-likeness (QED) is 0.788. The Morgan fingerprint density at radius 3 is 2.82 bits per heavy atom. The molecule has 0 bridgehead atoms. The van der Waals surface area contributed by atoms with Gasteiger partial charge in [0.15, 0.2) is 5.82 Å². The van der Waals surface area contributed by atoms with Crippen LogP contribution in [0.25, 0.3) is 0 Å². The lowest BCUT2D eigenvalue weighted by Crippen LogP contribution is -2.36. The van der Waals surface area contributed by atoms with E-state index in [-0.39, 0.29) is 36.2 Å². The predicted octanol–water partition coefficient (Wildman–Crippen LogP) is 2.45. The number of rotatable bonds is 5. The molecule has 1 unspecified atom stereocenters. The molecule has 2 fully saturated rings.